The van der Waals surface area contributed by atoms with E-state index in [1.807, 2.05) is 20.8 Å². The minimum absolute atomic E-state index is 0.0826. The first-order valence-corrected chi connectivity index (χ1v) is 7.05. The summed E-state index contributed by atoms with van der Waals surface area (Å²) in [6.45, 7) is 7.52. The van der Waals surface area contributed by atoms with Crippen molar-refractivity contribution >= 4 is 17.5 Å². The molecule has 1 unspecified atom stereocenters. The number of carbonyl (C=O) groups excluding carboxylic acids is 1. The van der Waals surface area contributed by atoms with Gasteiger partial charge in [-0.1, -0.05) is 24.6 Å². The van der Waals surface area contributed by atoms with Crippen LogP contribution in [0.2, 0.25) is 5.02 Å². The van der Waals surface area contributed by atoms with E-state index in [1.165, 1.54) is 0 Å². The normalized spacial score (nSPS) is 12.9. The second-order valence-corrected chi connectivity index (χ2v) is 5.82. The van der Waals surface area contributed by atoms with Crippen LogP contribution in [0.5, 0.6) is 5.75 Å². The van der Waals surface area contributed by atoms with Gasteiger partial charge in [0.2, 0.25) is 0 Å². The molecule has 20 heavy (non-hydrogen) atoms. The van der Waals surface area contributed by atoms with E-state index in [0.717, 1.165) is 6.42 Å². The lowest BCUT2D eigenvalue weighted by Gasteiger charge is -2.26. The van der Waals surface area contributed by atoms with Crippen molar-refractivity contribution in [1.82, 2.24) is 5.32 Å². The Kier molecular flexibility index (Phi) is 5.84. The van der Waals surface area contributed by atoms with Crippen molar-refractivity contribution in [2.24, 2.45) is 0 Å². The highest BCUT2D eigenvalue weighted by Gasteiger charge is 2.23. The molecule has 1 amide bonds. The van der Waals surface area contributed by atoms with Gasteiger partial charge in [0.1, 0.15) is 5.75 Å². The molecule has 112 valence electrons. The lowest BCUT2D eigenvalue weighted by molar-refractivity contribution is -0.128. The molecule has 1 aromatic rings. The third-order valence-electron chi connectivity index (χ3n) is 3.20. The van der Waals surface area contributed by atoms with Crippen molar-refractivity contribution in [2.75, 3.05) is 0 Å². The van der Waals surface area contributed by atoms with Crippen LogP contribution in [0.4, 0.5) is 0 Å². The van der Waals surface area contributed by atoms with Gasteiger partial charge in [-0.2, -0.15) is 0 Å². The standard InChI is InChI=1S/C15H22ClNO3/c1-5-15(3,4)17-14(19)10(2)20-13-7-6-11(9-18)8-12(13)16/h6-8,10,18H,5,9H2,1-4H3,(H,17,19). The largest absolute Gasteiger partial charge is 0.479 e. The molecule has 0 radical (unpaired) electrons. The molecule has 4 nitrogen and oxygen atoms in total. The number of hydrogen-bond donors (Lipinski definition) is 2. The van der Waals surface area contributed by atoms with Crippen molar-refractivity contribution in [2.45, 2.75) is 52.4 Å². The summed E-state index contributed by atoms with van der Waals surface area (Å²) in [7, 11) is 0. The molecule has 2 N–H and O–H groups in total. The predicted molar refractivity (Wildman–Crippen MR) is 80.0 cm³/mol. The Labute approximate surface area is 125 Å². The molecule has 0 spiro atoms. The predicted octanol–water partition coefficient (Wildman–Crippen LogP) is 2.90. The molecule has 0 fully saturated rings. The van der Waals surface area contributed by atoms with E-state index in [1.54, 1.807) is 25.1 Å². The summed E-state index contributed by atoms with van der Waals surface area (Å²) in [5.74, 6) is 0.250. The van der Waals surface area contributed by atoms with E-state index in [2.05, 4.69) is 5.32 Å². The molecule has 1 aromatic carbocycles. The number of rotatable bonds is 6. The van der Waals surface area contributed by atoms with Crippen molar-refractivity contribution in [1.29, 1.82) is 0 Å². The minimum Gasteiger partial charge on any atom is -0.479 e. The number of carbonyl (C=O) groups is 1. The molecule has 5 heteroatoms. The van der Waals surface area contributed by atoms with Crippen molar-refractivity contribution in [3.63, 3.8) is 0 Å². The number of benzene rings is 1. The van der Waals surface area contributed by atoms with E-state index >= 15 is 0 Å². The number of hydrogen-bond acceptors (Lipinski definition) is 3. The van der Waals surface area contributed by atoms with Crippen LogP contribution >= 0.6 is 11.6 Å². The Hall–Kier alpha value is -1.26. The Morgan fingerprint density at radius 2 is 2.15 bits per heavy atom. The van der Waals surface area contributed by atoms with Crippen molar-refractivity contribution in [3.8, 4) is 5.75 Å². The summed E-state index contributed by atoms with van der Waals surface area (Å²) in [6.07, 6.45) is 0.190. The molecule has 1 rings (SSSR count). The number of nitrogens with one attached hydrogen (secondary N) is 1. The van der Waals surface area contributed by atoms with Crippen LogP contribution < -0.4 is 10.1 Å². The molecule has 0 saturated carbocycles. The Balaban J connectivity index is 2.71. The van der Waals surface area contributed by atoms with Crippen LogP contribution in [-0.2, 0) is 11.4 Å². The zero-order valence-corrected chi connectivity index (χ0v) is 13.1. The Bertz CT molecular complexity index is 474. The van der Waals surface area contributed by atoms with Crippen molar-refractivity contribution < 1.29 is 14.6 Å². The van der Waals surface area contributed by atoms with Crippen LogP contribution in [0.1, 0.15) is 39.7 Å². The monoisotopic (exact) mass is 299 g/mol. The third-order valence-corrected chi connectivity index (χ3v) is 3.49. The van der Waals surface area contributed by atoms with Gasteiger partial charge in [-0.05, 0) is 44.9 Å². The SMILES string of the molecule is CCC(C)(C)NC(=O)C(C)Oc1ccc(CO)cc1Cl. The molecule has 0 bridgehead atoms. The lowest BCUT2D eigenvalue weighted by Crippen LogP contribution is -2.48. The summed E-state index contributed by atoms with van der Waals surface area (Å²) in [6, 6.07) is 4.99. The fourth-order valence-electron chi connectivity index (χ4n) is 1.51. The molecule has 0 aliphatic carbocycles. The van der Waals surface area contributed by atoms with Gasteiger partial charge in [-0.25, -0.2) is 0 Å². The maximum Gasteiger partial charge on any atom is 0.261 e. The van der Waals surface area contributed by atoms with E-state index in [-0.39, 0.29) is 18.1 Å². The number of amides is 1. The van der Waals surface area contributed by atoms with Gasteiger partial charge in [0, 0.05) is 5.54 Å². The van der Waals surface area contributed by atoms with Crippen LogP contribution in [0, 0.1) is 0 Å². The highest BCUT2D eigenvalue weighted by atomic mass is 35.5. The smallest absolute Gasteiger partial charge is 0.261 e. The van der Waals surface area contributed by atoms with Crippen LogP contribution in [-0.4, -0.2) is 22.7 Å². The highest BCUT2D eigenvalue weighted by Crippen LogP contribution is 2.26. The molecule has 0 aromatic heterocycles. The quantitative estimate of drug-likeness (QED) is 0.849. The highest BCUT2D eigenvalue weighted by molar-refractivity contribution is 6.32. The zero-order chi connectivity index (χ0) is 15.3. The first-order valence-electron chi connectivity index (χ1n) is 6.67. The lowest BCUT2D eigenvalue weighted by atomic mass is 10.0. The molecular weight excluding hydrogens is 278 g/mol. The fraction of sp³-hybridized carbons (Fsp3) is 0.533. The fourth-order valence-corrected chi connectivity index (χ4v) is 1.75. The van der Waals surface area contributed by atoms with Gasteiger partial charge >= 0.3 is 0 Å². The van der Waals surface area contributed by atoms with E-state index in [4.69, 9.17) is 21.4 Å². The van der Waals surface area contributed by atoms with Gasteiger partial charge in [-0.3, -0.25) is 4.79 Å². The van der Waals surface area contributed by atoms with Crippen LogP contribution in [0.3, 0.4) is 0 Å². The zero-order valence-electron chi connectivity index (χ0n) is 12.4. The average Bonchev–Trinajstić information content (AvgIpc) is 2.40. The van der Waals surface area contributed by atoms with Crippen LogP contribution in [0.25, 0.3) is 0 Å². The average molecular weight is 300 g/mol. The van der Waals surface area contributed by atoms with Gasteiger partial charge in [0.25, 0.3) is 5.91 Å². The number of aliphatic hydroxyl groups is 1. The molecule has 0 saturated heterocycles. The summed E-state index contributed by atoms with van der Waals surface area (Å²) in [4.78, 5) is 12.0. The topological polar surface area (TPSA) is 58.6 Å². The molecule has 0 heterocycles. The molecule has 0 aliphatic rings. The first kappa shape index (κ1) is 16.8. The molecular formula is C15H22ClNO3. The number of ether oxygens (including phenoxy) is 1. The van der Waals surface area contributed by atoms with Gasteiger partial charge < -0.3 is 15.2 Å². The summed E-state index contributed by atoms with van der Waals surface area (Å²) in [5, 5.41) is 12.3. The third kappa shape index (κ3) is 4.69. The summed E-state index contributed by atoms with van der Waals surface area (Å²) >= 11 is 6.05. The summed E-state index contributed by atoms with van der Waals surface area (Å²) in [5.41, 5.74) is 0.436. The van der Waals surface area contributed by atoms with E-state index < -0.39 is 6.10 Å². The Morgan fingerprint density at radius 1 is 1.50 bits per heavy atom. The summed E-state index contributed by atoms with van der Waals surface area (Å²) < 4.78 is 5.57. The number of halogens is 1. The second kappa shape index (κ2) is 6.95. The van der Waals surface area contributed by atoms with Gasteiger partial charge in [-0.15, -0.1) is 0 Å². The Morgan fingerprint density at radius 3 is 2.65 bits per heavy atom. The first-order chi connectivity index (χ1) is 9.29. The molecule has 0 aliphatic heterocycles. The minimum atomic E-state index is -0.640. The van der Waals surface area contributed by atoms with Gasteiger partial charge in [0.15, 0.2) is 6.10 Å². The maximum absolute atomic E-state index is 12.0. The van der Waals surface area contributed by atoms with E-state index in [0.29, 0.717) is 16.3 Å². The maximum atomic E-state index is 12.0. The number of aliphatic hydroxyl groups excluding tert-OH is 1. The second-order valence-electron chi connectivity index (χ2n) is 5.41. The van der Waals surface area contributed by atoms with E-state index in [9.17, 15) is 4.79 Å². The molecule has 1 atom stereocenters. The van der Waals surface area contributed by atoms with Gasteiger partial charge in [0.05, 0.1) is 11.6 Å². The van der Waals surface area contributed by atoms with Crippen LogP contribution in [0.15, 0.2) is 18.2 Å². The van der Waals surface area contributed by atoms with Crippen molar-refractivity contribution in [3.05, 3.63) is 28.8 Å².